The summed E-state index contributed by atoms with van der Waals surface area (Å²) in [4.78, 5) is 15.0. The Kier molecular flexibility index (Phi) is 6.45. The van der Waals surface area contributed by atoms with Crippen molar-refractivity contribution < 1.29 is 4.42 Å². The normalized spacial score (nSPS) is 13.5. The molecule has 1 aliphatic rings. The van der Waals surface area contributed by atoms with Crippen molar-refractivity contribution >= 4 is 55.5 Å². The molecular weight excluding hydrogens is 615 g/mol. The van der Waals surface area contributed by atoms with Crippen molar-refractivity contribution in [2.45, 2.75) is 6.17 Å². The molecule has 0 aliphatic carbocycles. The number of benzene rings is 6. The molecule has 0 fully saturated rings. The summed E-state index contributed by atoms with van der Waals surface area (Å²) in [5, 5.41) is 7.83. The van der Waals surface area contributed by atoms with Gasteiger partial charge in [0.15, 0.2) is 6.17 Å². The Bertz CT molecular complexity index is 2720. The highest BCUT2D eigenvalue weighted by Crippen LogP contribution is 2.39. The zero-order chi connectivity index (χ0) is 33.0. The zero-order valence-corrected chi connectivity index (χ0v) is 26.9. The summed E-state index contributed by atoms with van der Waals surface area (Å²) in [6.07, 6.45) is 1.28. The topological polar surface area (TPSA) is 67.7 Å². The first-order valence-corrected chi connectivity index (χ1v) is 16.7. The molecule has 10 rings (SSSR count). The number of hydrogen-bond acceptors (Lipinski definition) is 5. The quantitative estimate of drug-likeness (QED) is 0.203. The van der Waals surface area contributed by atoms with Gasteiger partial charge in [-0.3, -0.25) is 0 Å². The number of hydrogen-bond donors (Lipinski definition) is 1. The molecule has 0 unspecified atom stereocenters. The molecule has 1 N–H and O–H groups in total. The maximum atomic E-state index is 6.35. The third kappa shape index (κ3) is 4.61. The second kappa shape index (κ2) is 11.4. The molecule has 0 bridgehead atoms. The molecule has 9 aromatic rings. The van der Waals surface area contributed by atoms with Crippen LogP contribution in [0, 0.1) is 0 Å². The molecule has 0 amide bonds. The predicted molar refractivity (Wildman–Crippen MR) is 203 cm³/mol. The van der Waals surface area contributed by atoms with Gasteiger partial charge in [-0.2, -0.15) is 0 Å². The number of para-hydroxylation sites is 2. The van der Waals surface area contributed by atoms with Crippen LogP contribution in [0.5, 0.6) is 0 Å². The standard InChI is InChI=1S/C44H29N5O/c1-4-12-28(13-5-1)41-46-42(29-14-6-2-7-15-29)48-43(47-41)34-24-25-45-44-40(34)36-27-31(21-23-39(36)50-44)30-20-22-38-35(26-30)33-18-10-11-19-37(33)49(38)32-16-8-3-9-17-32/h1-27,43H,(H,46,47,48). The molecule has 0 saturated carbocycles. The summed E-state index contributed by atoms with van der Waals surface area (Å²) in [5.74, 6) is 1.54. The van der Waals surface area contributed by atoms with Gasteiger partial charge in [-0.15, -0.1) is 0 Å². The van der Waals surface area contributed by atoms with E-state index in [-0.39, 0.29) is 0 Å². The Labute approximate surface area is 287 Å². The maximum Gasteiger partial charge on any atom is 0.227 e. The molecule has 6 nitrogen and oxygen atoms in total. The monoisotopic (exact) mass is 643 g/mol. The summed E-state index contributed by atoms with van der Waals surface area (Å²) >= 11 is 0. The fourth-order valence-corrected chi connectivity index (χ4v) is 7.20. The van der Waals surface area contributed by atoms with Gasteiger partial charge in [0.25, 0.3) is 0 Å². The molecule has 4 heterocycles. The summed E-state index contributed by atoms with van der Waals surface area (Å²) < 4.78 is 8.69. The Morgan fingerprint density at radius 1 is 0.520 bits per heavy atom. The first kappa shape index (κ1) is 28.2. The van der Waals surface area contributed by atoms with E-state index < -0.39 is 6.17 Å². The lowest BCUT2D eigenvalue weighted by Gasteiger charge is -2.22. The van der Waals surface area contributed by atoms with Crippen LogP contribution in [0.25, 0.3) is 60.7 Å². The van der Waals surface area contributed by atoms with E-state index in [1.807, 2.05) is 48.5 Å². The molecule has 0 radical (unpaired) electrons. The molecule has 1 aliphatic heterocycles. The third-order valence-electron chi connectivity index (χ3n) is 9.54. The van der Waals surface area contributed by atoms with E-state index in [2.05, 4.69) is 124 Å². The number of aromatic nitrogens is 2. The SMILES string of the molecule is c1ccc(C2=NC(c3ccnc4oc5ccc(-c6ccc7c(c6)c6ccccc6n7-c6ccccc6)cc5c34)N=C(c3ccccc3)N2)cc1. The van der Waals surface area contributed by atoms with Crippen LogP contribution in [-0.4, -0.2) is 21.2 Å². The fourth-order valence-electron chi connectivity index (χ4n) is 7.20. The van der Waals surface area contributed by atoms with Crippen molar-refractivity contribution in [1.29, 1.82) is 0 Å². The average Bonchev–Trinajstić information content (AvgIpc) is 3.74. The van der Waals surface area contributed by atoms with Crippen molar-refractivity contribution in [3.05, 3.63) is 181 Å². The number of aliphatic imine (C=N–C) groups is 2. The van der Waals surface area contributed by atoms with Crippen molar-refractivity contribution in [2.24, 2.45) is 9.98 Å². The van der Waals surface area contributed by atoms with Gasteiger partial charge in [0, 0.05) is 44.7 Å². The van der Waals surface area contributed by atoms with Gasteiger partial charge >= 0.3 is 0 Å². The number of nitrogens with zero attached hydrogens (tertiary/aromatic N) is 4. The lowest BCUT2D eigenvalue weighted by molar-refractivity contribution is 0.652. The number of fused-ring (bicyclic) bond motifs is 6. The van der Waals surface area contributed by atoms with E-state index in [1.54, 1.807) is 6.20 Å². The van der Waals surface area contributed by atoms with Gasteiger partial charge in [-0.1, -0.05) is 109 Å². The molecule has 0 saturated heterocycles. The number of furan rings is 1. The average molecular weight is 644 g/mol. The number of amidine groups is 2. The minimum Gasteiger partial charge on any atom is -0.438 e. The highest BCUT2D eigenvalue weighted by molar-refractivity contribution is 6.16. The molecular formula is C44H29N5O. The van der Waals surface area contributed by atoms with E-state index in [9.17, 15) is 0 Å². The van der Waals surface area contributed by atoms with E-state index >= 15 is 0 Å². The second-order valence-electron chi connectivity index (χ2n) is 12.5. The van der Waals surface area contributed by atoms with Crippen molar-refractivity contribution in [2.75, 3.05) is 0 Å². The van der Waals surface area contributed by atoms with Crippen LogP contribution < -0.4 is 5.32 Å². The van der Waals surface area contributed by atoms with E-state index in [4.69, 9.17) is 14.4 Å². The highest BCUT2D eigenvalue weighted by atomic mass is 16.3. The summed E-state index contributed by atoms with van der Waals surface area (Å²) in [7, 11) is 0. The van der Waals surface area contributed by atoms with Crippen molar-refractivity contribution in [3.8, 4) is 16.8 Å². The molecule has 0 spiro atoms. The van der Waals surface area contributed by atoms with Gasteiger partial charge in [0.05, 0.1) is 16.4 Å². The molecule has 6 aromatic carbocycles. The van der Waals surface area contributed by atoms with Crippen molar-refractivity contribution in [3.63, 3.8) is 0 Å². The number of rotatable bonds is 5. The summed E-state index contributed by atoms with van der Waals surface area (Å²) in [6, 6.07) is 54.7. The fraction of sp³-hybridized carbons (Fsp3) is 0.0227. The summed E-state index contributed by atoms with van der Waals surface area (Å²) in [5.41, 5.74) is 10.0. The Morgan fingerprint density at radius 3 is 1.84 bits per heavy atom. The molecule has 6 heteroatoms. The van der Waals surface area contributed by atoms with E-state index in [0.717, 1.165) is 61.5 Å². The molecule has 0 atom stereocenters. The number of nitrogens with one attached hydrogen (secondary N) is 1. The van der Waals surface area contributed by atoms with Crippen LogP contribution in [0.4, 0.5) is 0 Å². The Balaban J connectivity index is 1.14. The maximum absolute atomic E-state index is 6.35. The minimum atomic E-state index is -0.503. The Hall–Kier alpha value is -6.79. The first-order chi connectivity index (χ1) is 24.8. The van der Waals surface area contributed by atoms with Crippen LogP contribution in [0.2, 0.25) is 0 Å². The predicted octanol–water partition coefficient (Wildman–Crippen LogP) is 10.2. The van der Waals surface area contributed by atoms with Crippen LogP contribution in [0.15, 0.2) is 178 Å². The summed E-state index contributed by atoms with van der Waals surface area (Å²) in [6.45, 7) is 0. The zero-order valence-electron chi connectivity index (χ0n) is 26.9. The third-order valence-corrected chi connectivity index (χ3v) is 9.54. The van der Waals surface area contributed by atoms with Crippen LogP contribution >= 0.6 is 0 Å². The highest BCUT2D eigenvalue weighted by Gasteiger charge is 2.25. The van der Waals surface area contributed by atoms with Crippen molar-refractivity contribution in [1.82, 2.24) is 14.9 Å². The molecule has 3 aromatic heterocycles. The van der Waals surface area contributed by atoms with Crippen LogP contribution in [-0.2, 0) is 0 Å². The lowest BCUT2D eigenvalue weighted by atomic mass is 9.99. The second-order valence-corrected chi connectivity index (χ2v) is 12.5. The molecule has 50 heavy (non-hydrogen) atoms. The van der Waals surface area contributed by atoms with Gasteiger partial charge in [-0.05, 0) is 59.7 Å². The van der Waals surface area contributed by atoms with Crippen LogP contribution in [0.1, 0.15) is 22.9 Å². The van der Waals surface area contributed by atoms with E-state index in [1.165, 1.54) is 21.8 Å². The van der Waals surface area contributed by atoms with Gasteiger partial charge < -0.3 is 14.3 Å². The van der Waals surface area contributed by atoms with Gasteiger partial charge in [0.1, 0.15) is 17.3 Å². The lowest BCUT2D eigenvalue weighted by Crippen LogP contribution is -2.36. The van der Waals surface area contributed by atoms with Gasteiger partial charge in [-0.25, -0.2) is 15.0 Å². The first-order valence-electron chi connectivity index (χ1n) is 16.7. The minimum absolute atomic E-state index is 0.503. The van der Waals surface area contributed by atoms with E-state index in [0.29, 0.717) is 5.71 Å². The van der Waals surface area contributed by atoms with Gasteiger partial charge in [0.2, 0.25) is 5.71 Å². The molecule has 236 valence electrons. The van der Waals surface area contributed by atoms with Crippen LogP contribution in [0.3, 0.4) is 0 Å². The largest absolute Gasteiger partial charge is 0.438 e. The number of pyridine rings is 1. The Morgan fingerprint density at radius 2 is 1.12 bits per heavy atom. The smallest absolute Gasteiger partial charge is 0.227 e.